The van der Waals surface area contributed by atoms with Crippen molar-refractivity contribution in [2.45, 2.75) is 13.5 Å². The molecule has 0 amide bonds. The van der Waals surface area contributed by atoms with Gasteiger partial charge in [0.25, 0.3) is 0 Å². The largest absolute Gasteiger partial charge is 0.487 e. The van der Waals surface area contributed by atoms with Gasteiger partial charge >= 0.3 is 0 Å². The SMILES string of the molecule is Cc1cc(COc2ccccc2)nc2ccccc12. The highest BCUT2D eigenvalue weighted by atomic mass is 16.5. The first-order valence-electron chi connectivity index (χ1n) is 6.36. The number of rotatable bonds is 3. The average molecular weight is 249 g/mol. The second kappa shape index (κ2) is 5.11. The monoisotopic (exact) mass is 249 g/mol. The fraction of sp³-hybridized carbons (Fsp3) is 0.118. The van der Waals surface area contributed by atoms with Crippen LogP contribution in [-0.2, 0) is 6.61 Å². The molecule has 0 aliphatic heterocycles. The molecule has 0 saturated heterocycles. The number of hydrogen-bond acceptors (Lipinski definition) is 2. The van der Waals surface area contributed by atoms with Gasteiger partial charge < -0.3 is 4.74 Å². The Hall–Kier alpha value is -2.35. The summed E-state index contributed by atoms with van der Waals surface area (Å²) < 4.78 is 5.73. The first-order valence-corrected chi connectivity index (χ1v) is 6.36. The van der Waals surface area contributed by atoms with E-state index in [0.29, 0.717) is 6.61 Å². The second-order valence-electron chi connectivity index (χ2n) is 4.55. The highest BCUT2D eigenvalue weighted by molar-refractivity contribution is 5.81. The Kier molecular flexibility index (Phi) is 3.15. The van der Waals surface area contributed by atoms with Gasteiger partial charge in [0, 0.05) is 5.39 Å². The third kappa shape index (κ3) is 2.58. The number of fused-ring (bicyclic) bond motifs is 1. The summed E-state index contributed by atoms with van der Waals surface area (Å²) >= 11 is 0. The minimum atomic E-state index is 0.496. The van der Waals surface area contributed by atoms with Gasteiger partial charge in [0.2, 0.25) is 0 Å². The van der Waals surface area contributed by atoms with Gasteiger partial charge in [0.05, 0.1) is 11.2 Å². The van der Waals surface area contributed by atoms with Crippen molar-refractivity contribution in [3.05, 3.63) is 71.9 Å². The number of benzene rings is 2. The molecule has 0 atom stereocenters. The van der Waals surface area contributed by atoms with Crippen molar-refractivity contribution in [1.29, 1.82) is 0 Å². The summed E-state index contributed by atoms with van der Waals surface area (Å²) in [5.41, 5.74) is 3.21. The predicted octanol–water partition coefficient (Wildman–Crippen LogP) is 4.12. The minimum absolute atomic E-state index is 0.496. The molecule has 0 radical (unpaired) electrons. The molecular weight excluding hydrogens is 234 g/mol. The van der Waals surface area contributed by atoms with Crippen LogP contribution in [0.4, 0.5) is 0 Å². The maximum Gasteiger partial charge on any atom is 0.130 e. The van der Waals surface area contributed by atoms with E-state index in [1.54, 1.807) is 0 Å². The lowest BCUT2D eigenvalue weighted by atomic mass is 10.1. The molecule has 0 bridgehead atoms. The molecule has 2 heteroatoms. The van der Waals surface area contributed by atoms with E-state index in [-0.39, 0.29) is 0 Å². The Bertz CT molecular complexity index is 692. The summed E-state index contributed by atoms with van der Waals surface area (Å²) in [6, 6.07) is 20.1. The predicted molar refractivity (Wildman–Crippen MR) is 77.3 cm³/mol. The molecule has 2 nitrogen and oxygen atoms in total. The van der Waals surface area contributed by atoms with Gasteiger partial charge in [-0.15, -0.1) is 0 Å². The van der Waals surface area contributed by atoms with E-state index in [4.69, 9.17) is 4.74 Å². The van der Waals surface area contributed by atoms with Crippen LogP contribution in [0.25, 0.3) is 10.9 Å². The van der Waals surface area contributed by atoms with Crippen LogP contribution in [0, 0.1) is 6.92 Å². The Morgan fingerprint density at radius 2 is 1.68 bits per heavy atom. The van der Waals surface area contributed by atoms with Crippen LogP contribution in [0.3, 0.4) is 0 Å². The zero-order valence-electron chi connectivity index (χ0n) is 10.8. The Labute approximate surface area is 112 Å². The first kappa shape index (κ1) is 11.7. The lowest BCUT2D eigenvalue weighted by molar-refractivity contribution is 0.301. The number of aryl methyl sites for hydroxylation is 1. The smallest absolute Gasteiger partial charge is 0.130 e. The molecule has 3 aromatic rings. The minimum Gasteiger partial charge on any atom is -0.487 e. The molecule has 0 spiro atoms. The fourth-order valence-electron chi connectivity index (χ4n) is 2.17. The van der Waals surface area contributed by atoms with Crippen molar-refractivity contribution >= 4 is 10.9 Å². The molecule has 1 heterocycles. The standard InChI is InChI=1S/C17H15NO/c1-13-11-14(12-19-15-7-3-2-4-8-15)18-17-10-6-5-9-16(13)17/h2-11H,12H2,1H3. The Balaban J connectivity index is 1.85. The van der Waals surface area contributed by atoms with Gasteiger partial charge in [-0.25, -0.2) is 4.98 Å². The number of para-hydroxylation sites is 2. The number of aromatic nitrogens is 1. The fourth-order valence-corrected chi connectivity index (χ4v) is 2.17. The van der Waals surface area contributed by atoms with Crippen LogP contribution >= 0.6 is 0 Å². The molecule has 1 aromatic heterocycles. The lowest BCUT2D eigenvalue weighted by Crippen LogP contribution is -1.99. The molecule has 0 N–H and O–H groups in total. The van der Waals surface area contributed by atoms with Crippen LogP contribution in [0.1, 0.15) is 11.3 Å². The van der Waals surface area contributed by atoms with E-state index in [2.05, 4.69) is 24.0 Å². The van der Waals surface area contributed by atoms with Gasteiger partial charge in [-0.3, -0.25) is 0 Å². The molecule has 0 saturated carbocycles. The van der Waals surface area contributed by atoms with Gasteiger partial charge in [-0.2, -0.15) is 0 Å². The van der Waals surface area contributed by atoms with E-state index in [1.807, 2.05) is 48.5 Å². The highest BCUT2D eigenvalue weighted by Gasteiger charge is 2.03. The maximum atomic E-state index is 5.73. The number of hydrogen-bond donors (Lipinski definition) is 0. The maximum absolute atomic E-state index is 5.73. The average Bonchev–Trinajstić information content (AvgIpc) is 2.46. The van der Waals surface area contributed by atoms with Gasteiger partial charge in [-0.05, 0) is 36.8 Å². The van der Waals surface area contributed by atoms with Gasteiger partial charge in [0.15, 0.2) is 0 Å². The molecule has 0 aliphatic carbocycles. The summed E-state index contributed by atoms with van der Waals surface area (Å²) in [6.45, 7) is 2.60. The third-order valence-corrected chi connectivity index (χ3v) is 3.11. The first-order chi connectivity index (χ1) is 9.33. The van der Waals surface area contributed by atoms with Gasteiger partial charge in [-0.1, -0.05) is 36.4 Å². The number of ether oxygens (including phenoxy) is 1. The van der Waals surface area contributed by atoms with Crippen LogP contribution in [0.2, 0.25) is 0 Å². The zero-order chi connectivity index (χ0) is 13.1. The van der Waals surface area contributed by atoms with Crippen molar-refractivity contribution < 1.29 is 4.74 Å². The molecule has 0 unspecified atom stereocenters. The van der Waals surface area contributed by atoms with E-state index in [9.17, 15) is 0 Å². The third-order valence-electron chi connectivity index (χ3n) is 3.11. The Morgan fingerprint density at radius 3 is 2.53 bits per heavy atom. The summed E-state index contributed by atoms with van der Waals surface area (Å²) in [5.74, 6) is 0.870. The van der Waals surface area contributed by atoms with Crippen LogP contribution < -0.4 is 4.74 Å². The topological polar surface area (TPSA) is 22.1 Å². The zero-order valence-corrected chi connectivity index (χ0v) is 10.8. The van der Waals surface area contributed by atoms with Crippen LogP contribution in [-0.4, -0.2) is 4.98 Å². The van der Waals surface area contributed by atoms with Crippen LogP contribution in [0.15, 0.2) is 60.7 Å². The van der Waals surface area contributed by atoms with Gasteiger partial charge in [0.1, 0.15) is 12.4 Å². The summed E-state index contributed by atoms with van der Waals surface area (Å²) in [7, 11) is 0. The molecule has 0 fully saturated rings. The molecule has 19 heavy (non-hydrogen) atoms. The summed E-state index contributed by atoms with van der Waals surface area (Å²) in [5, 5.41) is 1.20. The number of pyridine rings is 1. The van der Waals surface area contributed by atoms with Crippen LogP contribution in [0.5, 0.6) is 5.75 Å². The second-order valence-corrected chi connectivity index (χ2v) is 4.55. The number of nitrogens with zero attached hydrogens (tertiary/aromatic N) is 1. The summed E-state index contributed by atoms with van der Waals surface area (Å²) in [6.07, 6.45) is 0. The van der Waals surface area contributed by atoms with Crippen molar-refractivity contribution in [1.82, 2.24) is 4.98 Å². The normalized spacial score (nSPS) is 10.6. The quantitative estimate of drug-likeness (QED) is 0.696. The van der Waals surface area contributed by atoms with Crippen molar-refractivity contribution in [2.75, 3.05) is 0 Å². The van der Waals surface area contributed by atoms with Crippen molar-refractivity contribution in [2.24, 2.45) is 0 Å². The van der Waals surface area contributed by atoms with Crippen molar-refractivity contribution in [3.63, 3.8) is 0 Å². The van der Waals surface area contributed by atoms with Crippen molar-refractivity contribution in [3.8, 4) is 5.75 Å². The van der Waals surface area contributed by atoms with E-state index >= 15 is 0 Å². The van der Waals surface area contributed by atoms with E-state index < -0.39 is 0 Å². The molecular formula is C17H15NO. The molecule has 0 aliphatic rings. The molecule has 3 rings (SSSR count). The van der Waals surface area contributed by atoms with E-state index in [0.717, 1.165) is 17.0 Å². The highest BCUT2D eigenvalue weighted by Crippen LogP contribution is 2.18. The molecule has 94 valence electrons. The summed E-state index contributed by atoms with van der Waals surface area (Å²) in [4.78, 5) is 4.63. The molecule has 2 aromatic carbocycles. The Morgan fingerprint density at radius 1 is 0.947 bits per heavy atom. The lowest BCUT2D eigenvalue weighted by Gasteiger charge is -2.08. The van der Waals surface area contributed by atoms with E-state index in [1.165, 1.54) is 10.9 Å².